The van der Waals surface area contributed by atoms with Crippen LogP contribution in [0.15, 0.2) is 0 Å². The van der Waals surface area contributed by atoms with Gasteiger partial charge in [0.05, 0.1) is 12.7 Å². The summed E-state index contributed by atoms with van der Waals surface area (Å²) in [6.45, 7) is 9.42. The Balaban J connectivity index is 3.30. The number of likely N-dealkylation sites (N-methyl/N-ethyl adjacent to an activating group) is 1. The average Bonchev–Trinajstić information content (AvgIpc) is 2.23. The highest BCUT2D eigenvalue weighted by atomic mass is 16.5. The van der Waals surface area contributed by atoms with E-state index in [1.54, 1.807) is 0 Å². The topological polar surface area (TPSA) is 41.6 Å². The molecule has 0 rings (SSSR count). The molecule has 0 heterocycles. The van der Waals surface area contributed by atoms with Crippen molar-refractivity contribution >= 4 is 5.91 Å². The predicted octanol–water partition coefficient (Wildman–Crippen LogP) is 1.26. The quantitative estimate of drug-likeness (QED) is 0.606. The van der Waals surface area contributed by atoms with Crippen LogP contribution in [0.3, 0.4) is 0 Å². The minimum absolute atomic E-state index is 0.130. The lowest BCUT2D eigenvalue weighted by Gasteiger charge is -2.17. The molecule has 16 heavy (non-hydrogen) atoms. The van der Waals surface area contributed by atoms with Crippen molar-refractivity contribution in [1.82, 2.24) is 10.2 Å². The summed E-state index contributed by atoms with van der Waals surface area (Å²) >= 11 is 0. The Hall–Kier alpha value is -0.610. The number of nitrogens with zero attached hydrogens (tertiary/aromatic N) is 1. The molecule has 0 spiro atoms. The van der Waals surface area contributed by atoms with Gasteiger partial charge in [-0.3, -0.25) is 4.79 Å². The van der Waals surface area contributed by atoms with Crippen LogP contribution in [0.2, 0.25) is 0 Å². The maximum atomic E-state index is 11.0. The molecule has 4 nitrogen and oxygen atoms in total. The molecule has 0 fully saturated rings. The molecule has 0 aromatic carbocycles. The van der Waals surface area contributed by atoms with Crippen LogP contribution in [-0.4, -0.2) is 50.2 Å². The number of nitrogens with one attached hydrogen (secondary N) is 1. The van der Waals surface area contributed by atoms with E-state index in [2.05, 4.69) is 17.3 Å². The minimum Gasteiger partial charge on any atom is -0.377 e. The standard InChI is InChI=1S/C12H26N2O2/c1-5-12(15)13-7-6-8-14(4)9-10-16-11(2)3/h11H,5-10H2,1-4H3,(H,13,15). The first-order valence-electron chi connectivity index (χ1n) is 6.13. The van der Waals surface area contributed by atoms with E-state index in [1.165, 1.54) is 0 Å². The zero-order valence-corrected chi connectivity index (χ0v) is 11.1. The summed E-state index contributed by atoms with van der Waals surface area (Å²) in [7, 11) is 2.07. The lowest BCUT2D eigenvalue weighted by atomic mass is 10.3. The molecule has 1 N–H and O–H groups in total. The molecule has 0 saturated carbocycles. The molecule has 96 valence electrons. The fourth-order valence-corrected chi connectivity index (χ4v) is 1.26. The normalized spacial score (nSPS) is 11.1. The first-order chi connectivity index (χ1) is 7.56. The van der Waals surface area contributed by atoms with Crippen LogP contribution in [-0.2, 0) is 9.53 Å². The van der Waals surface area contributed by atoms with Gasteiger partial charge in [-0.15, -0.1) is 0 Å². The van der Waals surface area contributed by atoms with Gasteiger partial charge < -0.3 is 15.0 Å². The molecular weight excluding hydrogens is 204 g/mol. The maximum absolute atomic E-state index is 11.0. The molecule has 1 amide bonds. The number of carbonyl (C=O) groups is 1. The van der Waals surface area contributed by atoms with Crippen molar-refractivity contribution in [3.63, 3.8) is 0 Å². The molecule has 0 radical (unpaired) electrons. The maximum Gasteiger partial charge on any atom is 0.219 e. The fourth-order valence-electron chi connectivity index (χ4n) is 1.26. The second kappa shape index (κ2) is 9.60. The van der Waals surface area contributed by atoms with Gasteiger partial charge in [-0.05, 0) is 33.9 Å². The number of hydrogen-bond donors (Lipinski definition) is 1. The van der Waals surface area contributed by atoms with Gasteiger partial charge in [-0.1, -0.05) is 6.92 Å². The van der Waals surface area contributed by atoms with Gasteiger partial charge in [-0.25, -0.2) is 0 Å². The molecule has 4 heteroatoms. The molecule has 0 aliphatic carbocycles. The van der Waals surface area contributed by atoms with Crippen LogP contribution in [0, 0.1) is 0 Å². The van der Waals surface area contributed by atoms with Crippen molar-refractivity contribution in [2.45, 2.75) is 39.7 Å². The molecule has 0 aliphatic rings. The lowest BCUT2D eigenvalue weighted by molar-refractivity contribution is -0.120. The third-order valence-electron chi connectivity index (χ3n) is 2.28. The van der Waals surface area contributed by atoms with Crippen LogP contribution in [0.5, 0.6) is 0 Å². The molecule has 0 bridgehead atoms. The SMILES string of the molecule is CCC(=O)NCCCN(C)CCOC(C)C. The first kappa shape index (κ1) is 15.4. The molecule has 0 unspecified atom stereocenters. The number of carbonyl (C=O) groups excluding carboxylic acids is 1. The largest absolute Gasteiger partial charge is 0.377 e. The summed E-state index contributed by atoms with van der Waals surface area (Å²) in [6.07, 6.45) is 1.86. The number of ether oxygens (including phenoxy) is 1. The van der Waals surface area contributed by atoms with E-state index in [0.29, 0.717) is 12.5 Å². The zero-order chi connectivity index (χ0) is 12.4. The Labute approximate surface area is 99.3 Å². The highest BCUT2D eigenvalue weighted by molar-refractivity contribution is 5.75. The fraction of sp³-hybridized carbons (Fsp3) is 0.917. The summed E-state index contributed by atoms with van der Waals surface area (Å²) in [5, 5.41) is 2.87. The lowest BCUT2D eigenvalue weighted by Crippen LogP contribution is -2.29. The number of amides is 1. The van der Waals surface area contributed by atoms with Crippen molar-refractivity contribution in [2.24, 2.45) is 0 Å². The molecule has 0 saturated heterocycles. The van der Waals surface area contributed by atoms with Gasteiger partial charge in [0, 0.05) is 19.5 Å². The van der Waals surface area contributed by atoms with Gasteiger partial charge in [0.15, 0.2) is 0 Å². The average molecular weight is 230 g/mol. The Kier molecular flexibility index (Phi) is 9.24. The third kappa shape index (κ3) is 9.93. The number of hydrogen-bond acceptors (Lipinski definition) is 3. The molecule has 0 aromatic heterocycles. The highest BCUT2D eigenvalue weighted by Gasteiger charge is 2.00. The second-order valence-electron chi connectivity index (χ2n) is 4.28. The van der Waals surface area contributed by atoms with Crippen molar-refractivity contribution in [3.05, 3.63) is 0 Å². The first-order valence-corrected chi connectivity index (χ1v) is 6.13. The molecular formula is C12H26N2O2. The van der Waals surface area contributed by atoms with Crippen molar-refractivity contribution < 1.29 is 9.53 Å². The van der Waals surface area contributed by atoms with Gasteiger partial charge >= 0.3 is 0 Å². The predicted molar refractivity (Wildman–Crippen MR) is 66.5 cm³/mol. The van der Waals surface area contributed by atoms with E-state index in [1.807, 2.05) is 20.8 Å². The van der Waals surface area contributed by atoms with Crippen LogP contribution in [0.25, 0.3) is 0 Å². The monoisotopic (exact) mass is 230 g/mol. The highest BCUT2D eigenvalue weighted by Crippen LogP contribution is 1.91. The Bertz CT molecular complexity index is 184. The Morgan fingerprint density at radius 3 is 2.62 bits per heavy atom. The smallest absolute Gasteiger partial charge is 0.219 e. The van der Waals surface area contributed by atoms with E-state index >= 15 is 0 Å². The molecule has 0 aromatic rings. The second-order valence-corrected chi connectivity index (χ2v) is 4.28. The zero-order valence-electron chi connectivity index (χ0n) is 11.1. The van der Waals surface area contributed by atoms with Crippen LogP contribution >= 0.6 is 0 Å². The van der Waals surface area contributed by atoms with Gasteiger partial charge in [0.25, 0.3) is 0 Å². The van der Waals surface area contributed by atoms with E-state index in [-0.39, 0.29) is 5.91 Å². The Morgan fingerprint density at radius 1 is 1.38 bits per heavy atom. The van der Waals surface area contributed by atoms with Gasteiger partial charge in [-0.2, -0.15) is 0 Å². The minimum atomic E-state index is 0.130. The van der Waals surface area contributed by atoms with E-state index in [4.69, 9.17) is 4.74 Å². The van der Waals surface area contributed by atoms with E-state index in [0.717, 1.165) is 32.7 Å². The summed E-state index contributed by atoms with van der Waals surface area (Å²) in [6, 6.07) is 0. The molecule has 0 aliphatic heterocycles. The van der Waals surface area contributed by atoms with Crippen molar-refractivity contribution in [1.29, 1.82) is 0 Å². The van der Waals surface area contributed by atoms with E-state index < -0.39 is 0 Å². The van der Waals surface area contributed by atoms with Gasteiger partial charge in [0.1, 0.15) is 0 Å². The van der Waals surface area contributed by atoms with Gasteiger partial charge in [0.2, 0.25) is 5.91 Å². The van der Waals surface area contributed by atoms with Crippen LogP contribution in [0.4, 0.5) is 0 Å². The Morgan fingerprint density at radius 2 is 2.06 bits per heavy atom. The van der Waals surface area contributed by atoms with E-state index in [9.17, 15) is 4.79 Å². The van der Waals surface area contributed by atoms with Crippen molar-refractivity contribution in [2.75, 3.05) is 33.3 Å². The molecule has 0 atom stereocenters. The van der Waals surface area contributed by atoms with Crippen LogP contribution < -0.4 is 5.32 Å². The van der Waals surface area contributed by atoms with Crippen molar-refractivity contribution in [3.8, 4) is 0 Å². The third-order valence-corrected chi connectivity index (χ3v) is 2.28. The number of rotatable bonds is 9. The summed E-state index contributed by atoms with van der Waals surface area (Å²) < 4.78 is 5.46. The van der Waals surface area contributed by atoms with Crippen LogP contribution in [0.1, 0.15) is 33.6 Å². The summed E-state index contributed by atoms with van der Waals surface area (Å²) in [5.74, 6) is 0.130. The summed E-state index contributed by atoms with van der Waals surface area (Å²) in [5.41, 5.74) is 0. The summed E-state index contributed by atoms with van der Waals surface area (Å²) in [4.78, 5) is 13.2.